The molecule has 1 rings (SSSR count). The number of carbonyl (C=O) groups is 1. The molecule has 4 heteroatoms. The predicted octanol–water partition coefficient (Wildman–Crippen LogP) is 2.21. The van der Waals surface area contributed by atoms with Gasteiger partial charge in [0.25, 0.3) is 0 Å². The highest BCUT2D eigenvalue weighted by molar-refractivity contribution is 5.72. The number of carboxylic acid groups (broad SMARTS) is 1. The van der Waals surface area contributed by atoms with Crippen LogP contribution in [-0.2, 0) is 11.2 Å². The van der Waals surface area contributed by atoms with Gasteiger partial charge in [0.05, 0.1) is 0 Å². The predicted molar refractivity (Wildman–Crippen MR) is 64.4 cm³/mol. The van der Waals surface area contributed by atoms with Crippen LogP contribution >= 0.6 is 0 Å². The van der Waals surface area contributed by atoms with Crippen LogP contribution in [0.5, 0.6) is 0 Å². The quantitative estimate of drug-likeness (QED) is 0.800. The maximum absolute atomic E-state index is 12.7. The monoisotopic (exact) mass is 239 g/mol. The fraction of sp³-hybridized carbons (Fsp3) is 0.462. The Kier molecular flexibility index (Phi) is 5.10. The minimum Gasteiger partial charge on any atom is -0.480 e. The summed E-state index contributed by atoms with van der Waals surface area (Å²) >= 11 is 0. The van der Waals surface area contributed by atoms with Crippen molar-refractivity contribution in [2.45, 2.75) is 38.8 Å². The average Bonchev–Trinajstić information content (AvgIpc) is 2.28. The zero-order valence-corrected chi connectivity index (χ0v) is 10.1. The summed E-state index contributed by atoms with van der Waals surface area (Å²) in [5.41, 5.74) is 1.06. The molecule has 3 nitrogen and oxygen atoms in total. The maximum Gasteiger partial charge on any atom is 0.320 e. The third-order valence-corrected chi connectivity index (χ3v) is 2.68. The molecular weight excluding hydrogens is 221 g/mol. The molecule has 0 aromatic heterocycles. The zero-order valence-electron chi connectivity index (χ0n) is 10.1. The van der Waals surface area contributed by atoms with Crippen LogP contribution in [0.4, 0.5) is 4.39 Å². The van der Waals surface area contributed by atoms with E-state index in [1.807, 2.05) is 6.92 Å². The van der Waals surface area contributed by atoms with Crippen molar-refractivity contribution in [3.8, 4) is 0 Å². The Morgan fingerprint density at radius 1 is 1.35 bits per heavy atom. The van der Waals surface area contributed by atoms with E-state index in [0.29, 0.717) is 0 Å². The van der Waals surface area contributed by atoms with Gasteiger partial charge in [-0.15, -0.1) is 0 Å². The van der Waals surface area contributed by atoms with Crippen molar-refractivity contribution in [1.29, 1.82) is 0 Å². The van der Waals surface area contributed by atoms with Crippen LogP contribution in [0.15, 0.2) is 24.3 Å². The van der Waals surface area contributed by atoms with E-state index in [9.17, 15) is 9.18 Å². The van der Waals surface area contributed by atoms with Gasteiger partial charge in [-0.05, 0) is 44.4 Å². The number of benzene rings is 1. The molecule has 0 saturated carbocycles. The normalized spacial score (nSPS) is 14.3. The summed E-state index contributed by atoms with van der Waals surface area (Å²) in [5.74, 6) is -1.09. The number of carboxylic acids is 1. The molecular formula is C13H18FNO2. The molecule has 0 spiro atoms. The molecule has 2 N–H and O–H groups in total. The summed E-state index contributed by atoms with van der Waals surface area (Å²) in [6, 6.07) is 5.95. The summed E-state index contributed by atoms with van der Waals surface area (Å²) in [7, 11) is 0. The van der Waals surface area contributed by atoms with Crippen molar-refractivity contribution in [1.82, 2.24) is 5.32 Å². The Morgan fingerprint density at radius 2 is 1.94 bits per heavy atom. The minimum absolute atomic E-state index is 0.117. The van der Waals surface area contributed by atoms with Gasteiger partial charge in [0.15, 0.2) is 0 Å². The Hall–Kier alpha value is -1.42. The highest BCUT2D eigenvalue weighted by Crippen LogP contribution is 2.07. The van der Waals surface area contributed by atoms with Crippen molar-refractivity contribution < 1.29 is 14.3 Å². The van der Waals surface area contributed by atoms with Crippen LogP contribution in [0.25, 0.3) is 0 Å². The van der Waals surface area contributed by atoms with Gasteiger partial charge in [-0.2, -0.15) is 0 Å². The number of halogens is 1. The first-order valence-electron chi connectivity index (χ1n) is 5.72. The van der Waals surface area contributed by atoms with E-state index in [1.54, 1.807) is 19.1 Å². The number of hydrogen-bond acceptors (Lipinski definition) is 2. The van der Waals surface area contributed by atoms with E-state index in [0.717, 1.165) is 18.4 Å². The lowest BCUT2D eigenvalue weighted by Gasteiger charge is -2.16. The molecule has 0 saturated heterocycles. The van der Waals surface area contributed by atoms with Crippen molar-refractivity contribution in [2.75, 3.05) is 0 Å². The van der Waals surface area contributed by atoms with Gasteiger partial charge in [0.1, 0.15) is 11.9 Å². The van der Waals surface area contributed by atoms with Gasteiger partial charge >= 0.3 is 5.97 Å². The van der Waals surface area contributed by atoms with E-state index in [1.165, 1.54) is 12.1 Å². The summed E-state index contributed by atoms with van der Waals surface area (Å²) < 4.78 is 12.7. The first kappa shape index (κ1) is 13.6. The number of aliphatic carboxylic acids is 1. The number of rotatable bonds is 6. The van der Waals surface area contributed by atoms with Gasteiger partial charge in [-0.3, -0.25) is 4.79 Å². The van der Waals surface area contributed by atoms with E-state index in [2.05, 4.69) is 5.32 Å². The fourth-order valence-corrected chi connectivity index (χ4v) is 1.62. The zero-order chi connectivity index (χ0) is 12.8. The molecule has 94 valence electrons. The second-order valence-electron chi connectivity index (χ2n) is 4.29. The van der Waals surface area contributed by atoms with E-state index in [4.69, 9.17) is 5.11 Å². The molecule has 1 aromatic carbocycles. The maximum atomic E-state index is 12.7. The minimum atomic E-state index is -0.848. The van der Waals surface area contributed by atoms with Crippen LogP contribution in [-0.4, -0.2) is 23.2 Å². The Bertz CT molecular complexity index is 364. The molecule has 0 aliphatic heterocycles. The molecule has 0 amide bonds. The van der Waals surface area contributed by atoms with Crippen molar-refractivity contribution >= 4 is 5.97 Å². The van der Waals surface area contributed by atoms with Crippen molar-refractivity contribution in [3.05, 3.63) is 35.6 Å². The van der Waals surface area contributed by atoms with E-state index < -0.39 is 12.0 Å². The standard InChI is InChI=1S/C13H18FNO2/c1-9(15-10(2)13(16)17)3-4-11-5-7-12(14)8-6-11/h5-10,15H,3-4H2,1-2H3,(H,16,17)/t9?,10-/m0/s1. The van der Waals surface area contributed by atoms with Crippen LogP contribution in [0.2, 0.25) is 0 Å². The highest BCUT2D eigenvalue weighted by Gasteiger charge is 2.13. The molecule has 0 fully saturated rings. The van der Waals surface area contributed by atoms with Gasteiger partial charge < -0.3 is 10.4 Å². The topological polar surface area (TPSA) is 49.3 Å². The lowest BCUT2D eigenvalue weighted by Crippen LogP contribution is -2.40. The molecule has 0 heterocycles. The first-order valence-corrected chi connectivity index (χ1v) is 5.72. The third kappa shape index (κ3) is 4.95. The molecule has 1 unspecified atom stereocenters. The summed E-state index contributed by atoms with van der Waals surface area (Å²) in [6.45, 7) is 3.57. The van der Waals surface area contributed by atoms with Crippen molar-refractivity contribution in [3.63, 3.8) is 0 Å². The molecule has 0 bridgehead atoms. The Labute approximate surface area is 101 Å². The van der Waals surface area contributed by atoms with Crippen molar-refractivity contribution in [2.24, 2.45) is 0 Å². The Morgan fingerprint density at radius 3 is 2.47 bits per heavy atom. The lowest BCUT2D eigenvalue weighted by molar-refractivity contribution is -0.139. The third-order valence-electron chi connectivity index (χ3n) is 2.68. The van der Waals surface area contributed by atoms with E-state index >= 15 is 0 Å². The van der Waals surface area contributed by atoms with Crippen LogP contribution in [0, 0.1) is 5.82 Å². The number of hydrogen-bond donors (Lipinski definition) is 2. The molecule has 0 aliphatic carbocycles. The largest absolute Gasteiger partial charge is 0.480 e. The van der Waals surface area contributed by atoms with Gasteiger partial charge in [-0.25, -0.2) is 4.39 Å². The summed E-state index contributed by atoms with van der Waals surface area (Å²) in [6.07, 6.45) is 1.63. The summed E-state index contributed by atoms with van der Waals surface area (Å²) in [5, 5.41) is 11.7. The number of nitrogens with one attached hydrogen (secondary N) is 1. The van der Waals surface area contributed by atoms with E-state index in [-0.39, 0.29) is 11.9 Å². The second-order valence-corrected chi connectivity index (χ2v) is 4.29. The lowest BCUT2D eigenvalue weighted by atomic mass is 10.1. The summed E-state index contributed by atoms with van der Waals surface area (Å²) in [4.78, 5) is 10.6. The SMILES string of the molecule is CC(CCc1ccc(F)cc1)N[C@@H](C)C(=O)O. The smallest absolute Gasteiger partial charge is 0.320 e. The fourth-order valence-electron chi connectivity index (χ4n) is 1.62. The average molecular weight is 239 g/mol. The van der Waals surface area contributed by atoms with Gasteiger partial charge in [0.2, 0.25) is 0 Å². The second kappa shape index (κ2) is 6.35. The Balaban J connectivity index is 2.35. The van der Waals surface area contributed by atoms with Crippen LogP contribution in [0.3, 0.4) is 0 Å². The van der Waals surface area contributed by atoms with Crippen LogP contribution < -0.4 is 5.32 Å². The molecule has 0 radical (unpaired) electrons. The van der Waals surface area contributed by atoms with Gasteiger partial charge in [0, 0.05) is 6.04 Å². The molecule has 0 aliphatic rings. The van der Waals surface area contributed by atoms with Gasteiger partial charge in [-0.1, -0.05) is 12.1 Å². The molecule has 17 heavy (non-hydrogen) atoms. The van der Waals surface area contributed by atoms with Crippen LogP contribution in [0.1, 0.15) is 25.8 Å². The molecule has 1 aromatic rings. The highest BCUT2D eigenvalue weighted by atomic mass is 19.1. The molecule has 2 atom stereocenters. The first-order chi connectivity index (χ1) is 7.99. The number of aryl methyl sites for hydroxylation is 1.